The van der Waals surface area contributed by atoms with Crippen molar-refractivity contribution in [3.63, 3.8) is 0 Å². The van der Waals surface area contributed by atoms with E-state index in [1.165, 1.54) is 0 Å². The van der Waals surface area contributed by atoms with E-state index < -0.39 is 0 Å². The van der Waals surface area contributed by atoms with E-state index in [0.717, 1.165) is 43.1 Å². The van der Waals surface area contributed by atoms with Gasteiger partial charge in [-0.2, -0.15) is 5.10 Å². The summed E-state index contributed by atoms with van der Waals surface area (Å²) in [7, 11) is 1.63. The third-order valence-corrected chi connectivity index (χ3v) is 5.23. The van der Waals surface area contributed by atoms with Crippen LogP contribution in [-0.2, 0) is 9.47 Å². The number of aromatic nitrogens is 2. The summed E-state index contributed by atoms with van der Waals surface area (Å²) < 4.78 is 18.0. The topological polar surface area (TPSA) is 74.6 Å². The zero-order valence-corrected chi connectivity index (χ0v) is 15.5. The Labute approximate surface area is 158 Å². The molecule has 2 aliphatic heterocycles. The normalized spacial score (nSPS) is 23.4. The molecule has 2 atom stereocenters. The summed E-state index contributed by atoms with van der Waals surface area (Å²) in [6, 6.07) is 11.4. The van der Waals surface area contributed by atoms with Crippen LogP contribution in [0.2, 0.25) is 0 Å². The zero-order valence-electron chi connectivity index (χ0n) is 15.5. The van der Waals surface area contributed by atoms with Gasteiger partial charge < -0.3 is 19.5 Å². The molecule has 2 unspecified atom stereocenters. The number of methoxy groups -OCH3 is 1. The summed E-state index contributed by atoms with van der Waals surface area (Å²) in [5, 5.41) is 8.29. The third kappa shape index (κ3) is 4.05. The van der Waals surface area contributed by atoms with Crippen LogP contribution in [0, 0.1) is 0 Å². The summed E-state index contributed by atoms with van der Waals surface area (Å²) in [5.41, 5.74) is 1.54. The lowest BCUT2D eigenvalue weighted by atomic mass is 10.1. The molecule has 0 aliphatic carbocycles. The SMILES string of the molecule is COc1cccc(-c2ccc(=O)n(C3COCC3NC3CCOCC3)n2)c1. The van der Waals surface area contributed by atoms with Crippen molar-refractivity contribution in [3.8, 4) is 17.0 Å². The van der Waals surface area contributed by atoms with E-state index in [4.69, 9.17) is 14.2 Å². The fraction of sp³-hybridized carbons (Fsp3) is 0.500. The Morgan fingerprint density at radius 1 is 1.15 bits per heavy atom. The van der Waals surface area contributed by atoms with E-state index in [1.54, 1.807) is 23.9 Å². The highest BCUT2D eigenvalue weighted by molar-refractivity contribution is 5.60. The minimum Gasteiger partial charge on any atom is -0.497 e. The molecule has 4 rings (SSSR count). The largest absolute Gasteiger partial charge is 0.497 e. The Morgan fingerprint density at radius 3 is 2.81 bits per heavy atom. The van der Waals surface area contributed by atoms with Gasteiger partial charge in [0.25, 0.3) is 5.56 Å². The molecule has 3 heterocycles. The standard InChI is InChI=1S/C20H25N3O4/c1-25-16-4-2-3-14(11-16)17-5-6-20(24)23(22-17)19-13-27-12-18(19)21-15-7-9-26-10-8-15/h2-6,11,15,18-19,21H,7-10,12-13H2,1H3. The monoisotopic (exact) mass is 371 g/mol. The average molecular weight is 371 g/mol. The molecule has 0 spiro atoms. The van der Waals surface area contributed by atoms with Crippen LogP contribution in [0.5, 0.6) is 5.75 Å². The van der Waals surface area contributed by atoms with Gasteiger partial charge in [-0.15, -0.1) is 0 Å². The van der Waals surface area contributed by atoms with Crippen molar-refractivity contribution in [3.05, 3.63) is 46.8 Å². The third-order valence-electron chi connectivity index (χ3n) is 5.23. The summed E-state index contributed by atoms with van der Waals surface area (Å²) in [6.45, 7) is 2.62. The number of hydrogen-bond donors (Lipinski definition) is 1. The molecule has 7 nitrogen and oxygen atoms in total. The predicted molar refractivity (Wildman–Crippen MR) is 101 cm³/mol. The van der Waals surface area contributed by atoms with Gasteiger partial charge in [-0.25, -0.2) is 4.68 Å². The van der Waals surface area contributed by atoms with Crippen LogP contribution in [0.4, 0.5) is 0 Å². The average Bonchev–Trinajstić information content (AvgIpc) is 3.17. The van der Waals surface area contributed by atoms with Crippen LogP contribution in [0.15, 0.2) is 41.2 Å². The van der Waals surface area contributed by atoms with Crippen molar-refractivity contribution in [1.29, 1.82) is 0 Å². The zero-order chi connectivity index (χ0) is 18.6. The second-order valence-corrected chi connectivity index (χ2v) is 7.00. The number of hydrogen-bond acceptors (Lipinski definition) is 6. The minimum atomic E-state index is -0.120. The van der Waals surface area contributed by atoms with E-state index in [-0.39, 0.29) is 17.6 Å². The Hall–Kier alpha value is -2.22. The lowest BCUT2D eigenvalue weighted by Gasteiger charge is -2.29. The van der Waals surface area contributed by atoms with Crippen molar-refractivity contribution in [2.45, 2.75) is 31.0 Å². The fourth-order valence-corrected chi connectivity index (χ4v) is 3.71. The number of nitrogens with one attached hydrogen (secondary N) is 1. The molecule has 2 fully saturated rings. The van der Waals surface area contributed by atoms with E-state index in [2.05, 4.69) is 10.4 Å². The van der Waals surface area contributed by atoms with Gasteiger partial charge in [0.15, 0.2) is 0 Å². The molecule has 1 aromatic carbocycles. The highest BCUT2D eigenvalue weighted by Gasteiger charge is 2.33. The van der Waals surface area contributed by atoms with Crippen molar-refractivity contribution < 1.29 is 14.2 Å². The quantitative estimate of drug-likeness (QED) is 0.861. The van der Waals surface area contributed by atoms with Crippen molar-refractivity contribution in [2.24, 2.45) is 0 Å². The molecule has 144 valence electrons. The smallest absolute Gasteiger partial charge is 0.267 e. The van der Waals surface area contributed by atoms with Gasteiger partial charge in [0.05, 0.1) is 38.1 Å². The molecule has 2 aliphatic rings. The highest BCUT2D eigenvalue weighted by atomic mass is 16.5. The predicted octanol–water partition coefficient (Wildman–Crippen LogP) is 1.63. The first-order chi connectivity index (χ1) is 13.2. The van der Waals surface area contributed by atoms with E-state index >= 15 is 0 Å². The molecule has 0 saturated carbocycles. The fourth-order valence-electron chi connectivity index (χ4n) is 3.71. The first-order valence-corrected chi connectivity index (χ1v) is 9.40. The highest BCUT2D eigenvalue weighted by Crippen LogP contribution is 2.24. The Balaban J connectivity index is 1.59. The summed E-state index contributed by atoms with van der Waals surface area (Å²) in [5.74, 6) is 0.760. The van der Waals surface area contributed by atoms with Gasteiger partial charge in [0, 0.05) is 30.9 Å². The lowest BCUT2D eigenvalue weighted by Crippen LogP contribution is -2.47. The first-order valence-electron chi connectivity index (χ1n) is 9.40. The lowest BCUT2D eigenvalue weighted by molar-refractivity contribution is 0.0728. The summed E-state index contributed by atoms with van der Waals surface area (Å²) in [6.07, 6.45) is 1.96. The Kier molecular flexibility index (Phi) is 5.52. The molecule has 1 N–H and O–H groups in total. The number of nitrogens with zero attached hydrogens (tertiary/aromatic N) is 2. The first kappa shape index (κ1) is 18.2. The van der Waals surface area contributed by atoms with Gasteiger partial charge in [-0.3, -0.25) is 4.79 Å². The molecule has 7 heteroatoms. The minimum absolute atomic E-state index is 0.0684. The number of ether oxygens (including phenoxy) is 3. The van der Waals surface area contributed by atoms with Crippen LogP contribution in [0.25, 0.3) is 11.3 Å². The Morgan fingerprint density at radius 2 is 2.00 bits per heavy atom. The van der Waals surface area contributed by atoms with Crippen LogP contribution in [-0.4, -0.2) is 55.4 Å². The van der Waals surface area contributed by atoms with Crippen LogP contribution in [0.1, 0.15) is 18.9 Å². The van der Waals surface area contributed by atoms with Gasteiger partial charge in [0.2, 0.25) is 0 Å². The maximum Gasteiger partial charge on any atom is 0.267 e. The van der Waals surface area contributed by atoms with Crippen molar-refractivity contribution >= 4 is 0 Å². The number of benzene rings is 1. The molecule has 2 aromatic rings. The number of rotatable bonds is 5. The second kappa shape index (κ2) is 8.21. The van der Waals surface area contributed by atoms with E-state index in [9.17, 15) is 4.79 Å². The van der Waals surface area contributed by atoms with Gasteiger partial charge in [-0.05, 0) is 31.0 Å². The second-order valence-electron chi connectivity index (χ2n) is 7.00. The molecular formula is C20H25N3O4. The molecule has 0 bridgehead atoms. The summed E-state index contributed by atoms with van der Waals surface area (Å²) in [4.78, 5) is 12.5. The van der Waals surface area contributed by atoms with Gasteiger partial charge in [0.1, 0.15) is 5.75 Å². The van der Waals surface area contributed by atoms with Crippen LogP contribution in [0.3, 0.4) is 0 Å². The van der Waals surface area contributed by atoms with Gasteiger partial charge >= 0.3 is 0 Å². The van der Waals surface area contributed by atoms with Gasteiger partial charge in [-0.1, -0.05) is 12.1 Å². The Bertz CT molecular complexity index is 832. The molecular weight excluding hydrogens is 346 g/mol. The maximum absolute atomic E-state index is 12.5. The van der Waals surface area contributed by atoms with Crippen molar-refractivity contribution in [1.82, 2.24) is 15.1 Å². The van der Waals surface area contributed by atoms with E-state index in [0.29, 0.717) is 19.3 Å². The van der Waals surface area contributed by atoms with Crippen LogP contribution < -0.4 is 15.6 Å². The molecule has 0 radical (unpaired) electrons. The van der Waals surface area contributed by atoms with E-state index in [1.807, 2.05) is 24.3 Å². The molecule has 1 aromatic heterocycles. The molecule has 27 heavy (non-hydrogen) atoms. The molecule has 0 amide bonds. The van der Waals surface area contributed by atoms with Crippen molar-refractivity contribution in [2.75, 3.05) is 33.5 Å². The van der Waals surface area contributed by atoms with Crippen LogP contribution >= 0.6 is 0 Å². The molecule has 2 saturated heterocycles. The summed E-state index contributed by atoms with van der Waals surface area (Å²) >= 11 is 0. The maximum atomic E-state index is 12.5.